The van der Waals surface area contributed by atoms with Gasteiger partial charge in [-0.3, -0.25) is 9.36 Å². The van der Waals surface area contributed by atoms with Crippen LogP contribution in [-0.4, -0.2) is 60.5 Å². The Balaban J connectivity index is 1.63. The molecule has 160 valence electrons. The van der Waals surface area contributed by atoms with E-state index in [1.54, 1.807) is 6.92 Å². The highest BCUT2D eigenvalue weighted by Gasteiger charge is 2.47. The maximum atomic E-state index is 12.1. The van der Waals surface area contributed by atoms with Gasteiger partial charge in [-0.1, -0.05) is 36.3 Å². The number of anilines is 1. The number of amides is 1. The normalized spacial score (nSPS) is 22.8. The number of carbonyl (C=O) groups excluding carboxylic acids is 1. The molecular weight excluding hydrogens is 400 g/mol. The second kappa shape index (κ2) is 8.69. The number of likely N-dealkylation sites (N-methyl/N-ethyl adjacent to an activating group) is 1. The summed E-state index contributed by atoms with van der Waals surface area (Å²) in [5, 5.41) is 23.3. The van der Waals surface area contributed by atoms with Crippen LogP contribution in [0.15, 0.2) is 36.7 Å². The molecule has 1 fully saturated rings. The summed E-state index contributed by atoms with van der Waals surface area (Å²) in [7, 11) is 0. The van der Waals surface area contributed by atoms with Gasteiger partial charge < -0.3 is 26.0 Å². The molecule has 1 saturated heterocycles. The van der Waals surface area contributed by atoms with Crippen LogP contribution >= 0.6 is 0 Å². The zero-order chi connectivity index (χ0) is 22.0. The van der Waals surface area contributed by atoms with Gasteiger partial charge in [0, 0.05) is 13.0 Å². The van der Waals surface area contributed by atoms with E-state index in [9.17, 15) is 15.0 Å². The molecule has 10 nitrogen and oxygen atoms in total. The Kier molecular flexibility index (Phi) is 5.81. The van der Waals surface area contributed by atoms with Gasteiger partial charge in [0.15, 0.2) is 23.8 Å². The molecule has 0 saturated carbocycles. The fourth-order valence-electron chi connectivity index (χ4n) is 3.38. The number of nitrogen functional groups attached to an aromatic ring is 1. The molecule has 1 aliphatic heterocycles. The van der Waals surface area contributed by atoms with Crippen LogP contribution in [0.5, 0.6) is 0 Å². The van der Waals surface area contributed by atoms with Crippen LogP contribution in [0, 0.1) is 11.8 Å². The number of aliphatic hydroxyl groups excluding tert-OH is 2. The average Bonchev–Trinajstić information content (AvgIpc) is 3.31. The lowest BCUT2D eigenvalue weighted by Crippen LogP contribution is -2.42. The topological polar surface area (TPSA) is 148 Å². The second-order valence-corrected chi connectivity index (χ2v) is 7.04. The molecule has 1 aromatic carbocycles. The number of benzene rings is 1. The fraction of sp³-hybridized carbons (Fsp3) is 0.333. The van der Waals surface area contributed by atoms with Gasteiger partial charge in [0.2, 0.25) is 5.82 Å². The molecule has 10 heteroatoms. The molecule has 5 N–H and O–H groups in total. The molecule has 0 radical (unpaired) electrons. The summed E-state index contributed by atoms with van der Waals surface area (Å²) in [6, 6.07) is 9.74. The van der Waals surface area contributed by atoms with Crippen LogP contribution in [0.2, 0.25) is 0 Å². The van der Waals surface area contributed by atoms with Gasteiger partial charge in [-0.25, -0.2) is 15.0 Å². The largest absolute Gasteiger partial charge is 0.387 e. The van der Waals surface area contributed by atoms with E-state index in [0.29, 0.717) is 18.5 Å². The van der Waals surface area contributed by atoms with Crippen LogP contribution in [0.1, 0.15) is 24.5 Å². The van der Waals surface area contributed by atoms with E-state index in [1.165, 1.54) is 10.9 Å². The summed E-state index contributed by atoms with van der Waals surface area (Å²) in [5.41, 5.74) is 7.66. The number of nitrogens with one attached hydrogen (secondary N) is 1. The van der Waals surface area contributed by atoms with Gasteiger partial charge in [-0.2, -0.15) is 0 Å². The van der Waals surface area contributed by atoms with Gasteiger partial charge in [0.05, 0.1) is 6.33 Å². The maximum absolute atomic E-state index is 12.1. The highest BCUT2D eigenvalue weighted by atomic mass is 16.6. The Morgan fingerprint density at radius 3 is 2.77 bits per heavy atom. The molecule has 1 aliphatic rings. The molecule has 2 aromatic heterocycles. The summed E-state index contributed by atoms with van der Waals surface area (Å²) < 4.78 is 7.06. The number of hydrogen-bond acceptors (Lipinski definition) is 8. The van der Waals surface area contributed by atoms with Crippen molar-refractivity contribution in [2.75, 3.05) is 12.3 Å². The lowest BCUT2D eigenvalue weighted by atomic mass is 10.1. The molecular formula is C21H22N6O4. The van der Waals surface area contributed by atoms with Gasteiger partial charge in [-0.05, 0) is 18.4 Å². The van der Waals surface area contributed by atoms with Crippen molar-refractivity contribution in [2.45, 2.75) is 37.9 Å². The summed E-state index contributed by atoms with van der Waals surface area (Å²) in [6.45, 7) is 2.12. The molecule has 4 rings (SSSR count). The predicted octanol–water partition coefficient (Wildman–Crippen LogP) is -0.242. The van der Waals surface area contributed by atoms with Crippen molar-refractivity contribution >= 4 is 22.9 Å². The number of imidazole rings is 1. The lowest BCUT2D eigenvalue weighted by Gasteiger charge is -2.16. The summed E-state index contributed by atoms with van der Waals surface area (Å²) in [4.78, 5) is 24.9. The summed E-state index contributed by atoms with van der Waals surface area (Å²) >= 11 is 0. The number of carbonyl (C=O) groups is 1. The molecule has 31 heavy (non-hydrogen) atoms. The van der Waals surface area contributed by atoms with E-state index in [-0.39, 0.29) is 17.3 Å². The number of fused-ring (bicyclic) bond motifs is 1. The number of hydrogen-bond donors (Lipinski definition) is 4. The Morgan fingerprint density at radius 1 is 1.26 bits per heavy atom. The minimum Gasteiger partial charge on any atom is -0.387 e. The van der Waals surface area contributed by atoms with E-state index >= 15 is 0 Å². The van der Waals surface area contributed by atoms with Crippen LogP contribution in [0.4, 0.5) is 5.82 Å². The molecule has 1 amide bonds. The number of aliphatic hydroxyl groups is 2. The molecule has 3 aromatic rings. The van der Waals surface area contributed by atoms with Crippen molar-refractivity contribution in [2.24, 2.45) is 0 Å². The van der Waals surface area contributed by atoms with Crippen LogP contribution in [0.3, 0.4) is 0 Å². The Bertz CT molecular complexity index is 1150. The standard InChI is InChI=1S/C21H22N6O4/c1-2-23-20(30)17-15(28)16(29)21(31-17)27-11-24-14-18(22)25-13(26-19(14)27)10-6-9-12-7-4-3-5-8-12/h3-5,7-8,11,15-17,21,28-29H,2,9H2,1H3,(H,23,30)(H2,22,25,26). The van der Waals surface area contributed by atoms with Crippen LogP contribution in [0.25, 0.3) is 11.2 Å². The zero-order valence-electron chi connectivity index (χ0n) is 16.8. The van der Waals surface area contributed by atoms with Crippen molar-refractivity contribution in [1.82, 2.24) is 24.8 Å². The minimum absolute atomic E-state index is 0.126. The second-order valence-electron chi connectivity index (χ2n) is 7.04. The van der Waals surface area contributed by atoms with Gasteiger partial charge in [0.25, 0.3) is 5.91 Å². The first-order valence-electron chi connectivity index (χ1n) is 9.81. The molecule has 4 atom stereocenters. The monoisotopic (exact) mass is 422 g/mol. The average molecular weight is 422 g/mol. The van der Waals surface area contributed by atoms with Gasteiger partial charge >= 0.3 is 0 Å². The Morgan fingerprint density at radius 2 is 2.03 bits per heavy atom. The van der Waals surface area contributed by atoms with Gasteiger partial charge in [-0.15, -0.1) is 0 Å². The first-order chi connectivity index (χ1) is 15.0. The van der Waals surface area contributed by atoms with E-state index < -0.39 is 30.4 Å². The lowest BCUT2D eigenvalue weighted by molar-refractivity contribution is -0.137. The smallest absolute Gasteiger partial charge is 0.252 e. The molecule has 3 heterocycles. The number of ether oxygens (including phenoxy) is 1. The third-order valence-electron chi connectivity index (χ3n) is 4.91. The summed E-state index contributed by atoms with van der Waals surface area (Å²) in [5.74, 6) is 5.70. The van der Waals surface area contributed by atoms with Crippen molar-refractivity contribution in [3.8, 4) is 11.8 Å². The SMILES string of the molecule is CCNC(=O)C1OC(n2cnc3c(N)nc(C#CCc4ccccc4)nc32)C(O)C1O. The molecule has 0 spiro atoms. The van der Waals surface area contributed by atoms with Crippen LogP contribution < -0.4 is 11.1 Å². The summed E-state index contributed by atoms with van der Waals surface area (Å²) in [6.07, 6.45) is -3.18. The van der Waals surface area contributed by atoms with Crippen molar-refractivity contribution in [1.29, 1.82) is 0 Å². The number of nitrogens with two attached hydrogens (primary N) is 1. The quantitative estimate of drug-likeness (QED) is 0.421. The first kappa shape index (κ1) is 20.7. The van der Waals surface area contributed by atoms with E-state index in [4.69, 9.17) is 10.5 Å². The molecule has 4 unspecified atom stereocenters. The maximum Gasteiger partial charge on any atom is 0.252 e. The van der Waals surface area contributed by atoms with Gasteiger partial charge in [0.1, 0.15) is 17.7 Å². The Labute approximate surface area is 178 Å². The van der Waals surface area contributed by atoms with Crippen molar-refractivity contribution < 1.29 is 19.7 Å². The van der Waals surface area contributed by atoms with Crippen LogP contribution in [-0.2, 0) is 16.0 Å². The molecule has 0 aliphatic carbocycles. The van der Waals surface area contributed by atoms with E-state index in [2.05, 4.69) is 32.1 Å². The highest BCUT2D eigenvalue weighted by Crippen LogP contribution is 2.32. The molecule has 0 bridgehead atoms. The number of nitrogens with zero attached hydrogens (tertiary/aromatic N) is 4. The van der Waals surface area contributed by atoms with Crippen molar-refractivity contribution in [3.05, 3.63) is 48.0 Å². The van der Waals surface area contributed by atoms with E-state index in [0.717, 1.165) is 5.56 Å². The predicted molar refractivity (Wildman–Crippen MR) is 111 cm³/mol. The third-order valence-corrected chi connectivity index (χ3v) is 4.91. The van der Waals surface area contributed by atoms with Crippen molar-refractivity contribution in [3.63, 3.8) is 0 Å². The first-order valence-corrected chi connectivity index (χ1v) is 9.81. The minimum atomic E-state index is -1.40. The fourth-order valence-corrected chi connectivity index (χ4v) is 3.38. The number of aromatic nitrogens is 4. The van der Waals surface area contributed by atoms with E-state index in [1.807, 2.05) is 30.3 Å². The zero-order valence-corrected chi connectivity index (χ0v) is 16.8. The third kappa shape index (κ3) is 4.06. The highest BCUT2D eigenvalue weighted by molar-refractivity contribution is 5.83. The Hall–Kier alpha value is -3.52. The number of rotatable bonds is 4.